The number of nitrogens with one attached hydrogen (secondary N) is 2. The maximum Gasteiger partial charge on any atom is 0.239 e. The number of hydrogen-bond acceptors (Lipinski definition) is 7. The normalized spacial score (nSPS) is 12.5. The smallest absolute Gasteiger partial charge is 0.239 e. The van der Waals surface area contributed by atoms with Crippen molar-refractivity contribution in [2.24, 2.45) is 0 Å². The van der Waals surface area contributed by atoms with Gasteiger partial charge in [0.1, 0.15) is 10.5 Å². The number of thioether (sulfide) groups is 1. The maximum absolute atomic E-state index is 12.1. The molecule has 0 fully saturated rings. The fourth-order valence-electron chi connectivity index (χ4n) is 1.58. The molecule has 1 amide bonds. The van der Waals surface area contributed by atoms with E-state index < -0.39 is 0 Å². The van der Waals surface area contributed by atoms with E-state index in [4.69, 9.17) is 11.6 Å². The number of rotatable bonds is 4. The van der Waals surface area contributed by atoms with Gasteiger partial charge >= 0.3 is 0 Å². The van der Waals surface area contributed by atoms with Crippen molar-refractivity contribution in [3.05, 3.63) is 23.2 Å². The van der Waals surface area contributed by atoms with Crippen molar-refractivity contribution in [2.75, 3.05) is 5.32 Å². The molecule has 0 saturated heterocycles. The van der Waals surface area contributed by atoms with Crippen molar-refractivity contribution < 1.29 is 4.79 Å². The van der Waals surface area contributed by atoms with Gasteiger partial charge in [-0.05, 0) is 18.5 Å². The van der Waals surface area contributed by atoms with Gasteiger partial charge in [0.2, 0.25) is 11.2 Å². The Morgan fingerprint density at radius 2 is 2.33 bits per heavy atom. The number of anilines is 1. The zero-order chi connectivity index (χ0) is 14.8. The van der Waals surface area contributed by atoms with Gasteiger partial charge in [0, 0.05) is 11.6 Å². The number of halogens is 1. The second-order valence-corrected chi connectivity index (χ2v) is 6.55. The van der Waals surface area contributed by atoms with E-state index in [0.717, 1.165) is 0 Å². The van der Waals surface area contributed by atoms with E-state index in [-0.39, 0.29) is 16.4 Å². The van der Waals surface area contributed by atoms with E-state index in [0.29, 0.717) is 21.3 Å². The first-order chi connectivity index (χ1) is 10.1. The average Bonchev–Trinajstić information content (AvgIpc) is 3.09. The van der Waals surface area contributed by atoms with Gasteiger partial charge in [-0.3, -0.25) is 4.79 Å². The van der Waals surface area contributed by atoms with Crippen LogP contribution in [0.4, 0.5) is 5.13 Å². The number of H-pyrrole nitrogens is 1. The summed E-state index contributed by atoms with van der Waals surface area (Å²) < 4.78 is 0. The molecule has 0 aliphatic rings. The lowest BCUT2D eigenvalue weighted by atomic mass is 10.4. The molecule has 108 valence electrons. The molecular weight excluding hydrogens is 332 g/mol. The van der Waals surface area contributed by atoms with E-state index in [2.05, 4.69) is 30.2 Å². The summed E-state index contributed by atoms with van der Waals surface area (Å²) in [5.74, 6) is -0.155. The lowest BCUT2D eigenvalue weighted by molar-refractivity contribution is -0.115. The largest absolute Gasteiger partial charge is 0.341 e. The molecule has 0 radical (unpaired) electrons. The lowest BCUT2D eigenvalue weighted by Gasteiger charge is -2.10. The highest BCUT2D eigenvalue weighted by Gasteiger charge is 2.19. The van der Waals surface area contributed by atoms with Crippen LogP contribution in [0, 0.1) is 0 Å². The van der Waals surface area contributed by atoms with E-state index in [9.17, 15) is 4.79 Å². The molecule has 3 aromatic rings. The number of nitrogens with zero attached hydrogens (tertiary/aromatic N) is 4. The van der Waals surface area contributed by atoms with Crippen LogP contribution in [-0.2, 0) is 4.79 Å². The van der Waals surface area contributed by atoms with Gasteiger partial charge in [-0.2, -0.15) is 4.98 Å². The third kappa shape index (κ3) is 3.14. The van der Waals surface area contributed by atoms with Crippen LogP contribution in [0.1, 0.15) is 6.92 Å². The second-order valence-electron chi connectivity index (χ2n) is 3.99. The molecule has 2 N–H and O–H groups in total. The number of aromatic nitrogens is 5. The fourth-order valence-corrected chi connectivity index (χ4v) is 3.23. The minimum atomic E-state index is -0.369. The first-order valence-corrected chi connectivity index (χ1v) is 8.01. The Bertz CT molecular complexity index is 774. The number of carbonyl (C=O) groups excluding carboxylic acids is 1. The van der Waals surface area contributed by atoms with Crippen molar-refractivity contribution in [3.63, 3.8) is 0 Å². The van der Waals surface area contributed by atoms with Gasteiger partial charge in [-0.25, -0.2) is 15.0 Å². The molecule has 0 aliphatic heterocycles. The molecule has 0 aliphatic carbocycles. The predicted octanol–water partition coefficient (Wildman–Crippen LogP) is 2.58. The standard InChI is InChI=1S/C11H9ClN6OS2/c1-5(8(19)17-11-13-2-3-20-11)21-9-6-7(15-4-14-6)16-10(12)18-9/h2-5H,1H3,(H,13,17,19)(H,14,15,16,18)/t5-/m0/s1. The van der Waals surface area contributed by atoms with Crippen molar-refractivity contribution >= 4 is 56.9 Å². The SMILES string of the molecule is C[C@H](Sc1nc(Cl)nc2nc[nH]c12)C(=O)Nc1nccs1. The zero-order valence-corrected chi connectivity index (χ0v) is 13.1. The number of aromatic amines is 1. The summed E-state index contributed by atoms with van der Waals surface area (Å²) >= 11 is 8.51. The van der Waals surface area contributed by atoms with Crippen LogP contribution in [0.3, 0.4) is 0 Å². The highest BCUT2D eigenvalue weighted by Crippen LogP contribution is 2.28. The van der Waals surface area contributed by atoms with Gasteiger partial charge in [-0.1, -0.05) is 11.8 Å². The number of imidazole rings is 1. The highest BCUT2D eigenvalue weighted by atomic mass is 35.5. The Balaban J connectivity index is 1.78. The molecule has 0 unspecified atom stereocenters. The first-order valence-electron chi connectivity index (χ1n) is 5.87. The van der Waals surface area contributed by atoms with Gasteiger partial charge in [0.15, 0.2) is 10.8 Å². The van der Waals surface area contributed by atoms with Crippen LogP contribution in [0.25, 0.3) is 11.2 Å². The van der Waals surface area contributed by atoms with Crippen LogP contribution >= 0.6 is 34.7 Å². The monoisotopic (exact) mass is 340 g/mol. The molecule has 10 heteroatoms. The molecule has 0 saturated carbocycles. The Labute approximate surface area is 132 Å². The number of amides is 1. The predicted molar refractivity (Wildman–Crippen MR) is 82.8 cm³/mol. The van der Waals surface area contributed by atoms with E-state index in [1.54, 1.807) is 18.5 Å². The van der Waals surface area contributed by atoms with E-state index in [1.807, 2.05) is 0 Å². The quantitative estimate of drug-likeness (QED) is 0.430. The van der Waals surface area contributed by atoms with Gasteiger partial charge < -0.3 is 10.3 Å². The highest BCUT2D eigenvalue weighted by molar-refractivity contribution is 8.00. The molecule has 1 atom stereocenters. The van der Waals surface area contributed by atoms with Crippen molar-refractivity contribution in [2.45, 2.75) is 17.2 Å². The zero-order valence-electron chi connectivity index (χ0n) is 10.7. The molecule has 7 nitrogen and oxygen atoms in total. The summed E-state index contributed by atoms with van der Waals surface area (Å²) in [6.07, 6.45) is 3.15. The summed E-state index contributed by atoms with van der Waals surface area (Å²) in [6.45, 7) is 1.78. The molecule has 3 heterocycles. The Morgan fingerprint density at radius 1 is 1.48 bits per heavy atom. The Kier molecular flexibility index (Phi) is 4.04. The molecule has 21 heavy (non-hydrogen) atoms. The number of hydrogen-bond donors (Lipinski definition) is 2. The Morgan fingerprint density at radius 3 is 3.10 bits per heavy atom. The summed E-state index contributed by atoms with van der Waals surface area (Å²) in [6, 6.07) is 0. The third-order valence-corrected chi connectivity index (χ3v) is 4.49. The number of thiazole rings is 1. The van der Waals surface area contributed by atoms with Crippen LogP contribution in [0.15, 0.2) is 22.9 Å². The maximum atomic E-state index is 12.1. The number of fused-ring (bicyclic) bond motifs is 1. The summed E-state index contributed by atoms with van der Waals surface area (Å²) in [7, 11) is 0. The fraction of sp³-hybridized carbons (Fsp3) is 0.182. The van der Waals surface area contributed by atoms with Crippen molar-refractivity contribution in [1.29, 1.82) is 0 Å². The van der Waals surface area contributed by atoms with Gasteiger partial charge in [0.05, 0.1) is 11.6 Å². The summed E-state index contributed by atoms with van der Waals surface area (Å²) in [5.41, 5.74) is 1.14. The van der Waals surface area contributed by atoms with Crippen molar-refractivity contribution in [3.8, 4) is 0 Å². The minimum Gasteiger partial charge on any atom is -0.341 e. The molecule has 0 aromatic carbocycles. The van der Waals surface area contributed by atoms with Gasteiger partial charge in [-0.15, -0.1) is 11.3 Å². The minimum absolute atomic E-state index is 0.102. The third-order valence-electron chi connectivity index (χ3n) is 2.55. The van der Waals surface area contributed by atoms with Crippen LogP contribution in [0.5, 0.6) is 0 Å². The molecule has 0 spiro atoms. The van der Waals surface area contributed by atoms with Crippen molar-refractivity contribution in [1.82, 2.24) is 24.9 Å². The van der Waals surface area contributed by atoms with E-state index in [1.165, 1.54) is 29.4 Å². The molecule has 0 bridgehead atoms. The van der Waals surface area contributed by atoms with Gasteiger partial charge in [0.25, 0.3) is 0 Å². The first kappa shape index (κ1) is 14.2. The molecule has 3 aromatic heterocycles. The molecular formula is C11H9ClN6OS2. The second kappa shape index (κ2) is 5.96. The summed E-state index contributed by atoms with van der Waals surface area (Å²) in [4.78, 5) is 31.3. The topological polar surface area (TPSA) is 96.5 Å². The average molecular weight is 341 g/mol. The Hall–Kier alpha value is -1.71. The number of carbonyl (C=O) groups is 1. The van der Waals surface area contributed by atoms with Crippen LogP contribution < -0.4 is 5.32 Å². The summed E-state index contributed by atoms with van der Waals surface area (Å²) in [5, 5.41) is 5.43. The lowest BCUT2D eigenvalue weighted by Crippen LogP contribution is -2.22. The molecule has 3 rings (SSSR count). The van der Waals surface area contributed by atoms with Crippen LogP contribution in [-0.4, -0.2) is 36.1 Å². The van der Waals surface area contributed by atoms with Crippen LogP contribution in [0.2, 0.25) is 5.28 Å². The van der Waals surface area contributed by atoms with E-state index >= 15 is 0 Å².